The largest absolute Gasteiger partial charge is 0.353 e. The second-order valence-electron chi connectivity index (χ2n) is 3.39. The van der Waals surface area contributed by atoms with Gasteiger partial charge in [-0.1, -0.05) is 5.21 Å². The van der Waals surface area contributed by atoms with Crippen LogP contribution in [0.3, 0.4) is 0 Å². The highest BCUT2D eigenvalue weighted by atomic mass is 16.1. The molecule has 0 aliphatic carbocycles. The summed E-state index contributed by atoms with van der Waals surface area (Å²) in [7, 11) is 1.84. The van der Waals surface area contributed by atoms with Gasteiger partial charge >= 0.3 is 0 Å². The summed E-state index contributed by atoms with van der Waals surface area (Å²) >= 11 is 0. The van der Waals surface area contributed by atoms with Crippen molar-refractivity contribution in [3.8, 4) is 0 Å². The molecule has 1 aliphatic rings. The summed E-state index contributed by atoms with van der Waals surface area (Å²) in [5.74, 6) is 0.147. The molecule has 2 heterocycles. The van der Waals surface area contributed by atoms with Crippen molar-refractivity contribution in [1.29, 1.82) is 0 Å². The highest BCUT2D eigenvalue weighted by Crippen LogP contribution is 2.10. The van der Waals surface area contributed by atoms with Crippen molar-refractivity contribution in [2.24, 2.45) is 7.05 Å². The number of nitrogens with zero attached hydrogens (tertiary/aromatic N) is 3. The number of carbonyl (C=O) groups is 1. The van der Waals surface area contributed by atoms with Gasteiger partial charge in [-0.05, 0) is 6.42 Å². The van der Waals surface area contributed by atoms with E-state index < -0.39 is 0 Å². The van der Waals surface area contributed by atoms with Crippen LogP contribution in [0.4, 0.5) is 0 Å². The van der Waals surface area contributed by atoms with Crippen molar-refractivity contribution in [3.63, 3.8) is 0 Å². The zero-order chi connectivity index (χ0) is 9.26. The molecule has 1 fully saturated rings. The van der Waals surface area contributed by atoms with E-state index in [-0.39, 0.29) is 11.9 Å². The zero-order valence-electron chi connectivity index (χ0n) is 7.53. The standard InChI is InChI=1S/C8H12N4O/c1-12-5-7(10-11-12)4-6-2-3-8(13)9-6/h5-6H,2-4H2,1H3,(H,9,13). The summed E-state index contributed by atoms with van der Waals surface area (Å²) in [6.07, 6.45) is 4.23. The van der Waals surface area contributed by atoms with Crippen LogP contribution in [0.1, 0.15) is 18.5 Å². The molecule has 1 unspecified atom stereocenters. The van der Waals surface area contributed by atoms with E-state index in [0.29, 0.717) is 6.42 Å². The molecule has 5 heteroatoms. The normalized spacial score (nSPS) is 21.9. The molecule has 0 radical (unpaired) electrons. The van der Waals surface area contributed by atoms with Gasteiger partial charge in [0.1, 0.15) is 0 Å². The third kappa shape index (κ3) is 1.85. The Hall–Kier alpha value is -1.39. The monoisotopic (exact) mass is 180 g/mol. The Bertz CT molecular complexity index is 320. The van der Waals surface area contributed by atoms with Gasteiger partial charge in [-0.2, -0.15) is 0 Å². The van der Waals surface area contributed by atoms with E-state index in [4.69, 9.17) is 0 Å². The summed E-state index contributed by atoms with van der Waals surface area (Å²) < 4.78 is 1.67. The molecule has 0 bridgehead atoms. The van der Waals surface area contributed by atoms with Gasteiger partial charge in [0.25, 0.3) is 0 Å². The van der Waals surface area contributed by atoms with Crippen LogP contribution in [0.25, 0.3) is 0 Å². The first-order valence-corrected chi connectivity index (χ1v) is 4.38. The fourth-order valence-corrected chi connectivity index (χ4v) is 1.57. The van der Waals surface area contributed by atoms with Crippen LogP contribution in [-0.2, 0) is 18.3 Å². The molecule has 1 amide bonds. The van der Waals surface area contributed by atoms with Gasteiger partial charge in [-0.15, -0.1) is 5.10 Å². The molecular weight excluding hydrogens is 168 g/mol. The highest BCUT2D eigenvalue weighted by Gasteiger charge is 2.21. The van der Waals surface area contributed by atoms with Crippen molar-refractivity contribution in [2.75, 3.05) is 0 Å². The Morgan fingerprint density at radius 2 is 2.62 bits per heavy atom. The van der Waals surface area contributed by atoms with Gasteiger partial charge in [-0.3, -0.25) is 9.48 Å². The first-order chi connectivity index (χ1) is 6.24. The van der Waals surface area contributed by atoms with Gasteiger partial charge in [0.05, 0.1) is 5.69 Å². The molecule has 1 atom stereocenters. The molecule has 0 spiro atoms. The van der Waals surface area contributed by atoms with Crippen molar-refractivity contribution in [3.05, 3.63) is 11.9 Å². The smallest absolute Gasteiger partial charge is 0.220 e. The molecule has 13 heavy (non-hydrogen) atoms. The number of rotatable bonds is 2. The van der Waals surface area contributed by atoms with Crippen LogP contribution >= 0.6 is 0 Å². The Morgan fingerprint density at radius 3 is 3.15 bits per heavy atom. The summed E-state index contributed by atoms with van der Waals surface area (Å²) in [5, 5.41) is 10.7. The minimum absolute atomic E-state index is 0.147. The second-order valence-corrected chi connectivity index (χ2v) is 3.39. The molecule has 0 saturated carbocycles. The van der Waals surface area contributed by atoms with Gasteiger partial charge in [0.15, 0.2) is 0 Å². The van der Waals surface area contributed by atoms with E-state index >= 15 is 0 Å². The molecule has 0 aromatic carbocycles. The van der Waals surface area contributed by atoms with E-state index in [1.54, 1.807) is 4.68 Å². The van der Waals surface area contributed by atoms with Crippen molar-refractivity contribution < 1.29 is 4.79 Å². The average molecular weight is 180 g/mol. The minimum atomic E-state index is 0.147. The summed E-state index contributed by atoms with van der Waals surface area (Å²) in [5.41, 5.74) is 0.940. The average Bonchev–Trinajstić information content (AvgIpc) is 2.62. The lowest BCUT2D eigenvalue weighted by atomic mass is 10.1. The molecule has 2 rings (SSSR count). The maximum absolute atomic E-state index is 10.9. The van der Waals surface area contributed by atoms with Crippen molar-refractivity contribution in [2.45, 2.75) is 25.3 Å². The molecule has 5 nitrogen and oxygen atoms in total. The Kier molecular flexibility index (Phi) is 2.00. The first kappa shape index (κ1) is 8.22. The zero-order valence-corrected chi connectivity index (χ0v) is 7.53. The maximum Gasteiger partial charge on any atom is 0.220 e. The number of nitrogens with one attached hydrogen (secondary N) is 1. The molecule has 1 aromatic rings. The molecule has 1 aliphatic heterocycles. The Labute approximate surface area is 76.1 Å². The van der Waals surface area contributed by atoms with Crippen LogP contribution in [0.15, 0.2) is 6.20 Å². The predicted octanol–water partition coefficient (Wildman–Crippen LogP) is -0.364. The summed E-state index contributed by atoms with van der Waals surface area (Å²) in [4.78, 5) is 10.9. The van der Waals surface area contributed by atoms with Crippen LogP contribution in [0.5, 0.6) is 0 Å². The first-order valence-electron chi connectivity index (χ1n) is 4.38. The van der Waals surface area contributed by atoms with Gasteiger partial charge in [-0.25, -0.2) is 0 Å². The number of carbonyl (C=O) groups excluding carboxylic acids is 1. The molecular formula is C8H12N4O. The second kappa shape index (κ2) is 3.16. The molecule has 1 saturated heterocycles. The van der Waals surface area contributed by atoms with Gasteiger partial charge in [0.2, 0.25) is 5.91 Å². The number of amides is 1. The van der Waals surface area contributed by atoms with Crippen LogP contribution < -0.4 is 5.32 Å². The fourth-order valence-electron chi connectivity index (χ4n) is 1.57. The van der Waals surface area contributed by atoms with E-state index in [1.807, 2.05) is 13.2 Å². The van der Waals surface area contributed by atoms with E-state index in [2.05, 4.69) is 15.6 Å². The number of hydrogen-bond donors (Lipinski definition) is 1. The molecule has 1 N–H and O–H groups in total. The van der Waals surface area contributed by atoms with Crippen LogP contribution in [-0.4, -0.2) is 26.9 Å². The fraction of sp³-hybridized carbons (Fsp3) is 0.625. The van der Waals surface area contributed by atoms with E-state index in [1.165, 1.54) is 0 Å². The van der Waals surface area contributed by atoms with Gasteiger partial charge in [0, 0.05) is 32.1 Å². The van der Waals surface area contributed by atoms with E-state index in [0.717, 1.165) is 18.5 Å². The Morgan fingerprint density at radius 1 is 1.77 bits per heavy atom. The summed E-state index contributed by atoms with van der Waals surface area (Å²) in [6.45, 7) is 0. The number of hydrogen-bond acceptors (Lipinski definition) is 3. The van der Waals surface area contributed by atoms with Crippen molar-refractivity contribution >= 4 is 5.91 Å². The lowest BCUT2D eigenvalue weighted by Gasteiger charge is -2.05. The summed E-state index contributed by atoms with van der Waals surface area (Å²) in [6, 6.07) is 0.254. The lowest BCUT2D eigenvalue weighted by molar-refractivity contribution is -0.119. The van der Waals surface area contributed by atoms with Gasteiger partial charge < -0.3 is 5.32 Å². The van der Waals surface area contributed by atoms with Crippen LogP contribution in [0, 0.1) is 0 Å². The maximum atomic E-state index is 10.9. The highest BCUT2D eigenvalue weighted by molar-refractivity contribution is 5.78. The Balaban J connectivity index is 1.95. The third-order valence-corrected chi connectivity index (χ3v) is 2.19. The molecule has 70 valence electrons. The third-order valence-electron chi connectivity index (χ3n) is 2.19. The van der Waals surface area contributed by atoms with Crippen molar-refractivity contribution in [1.82, 2.24) is 20.3 Å². The van der Waals surface area contributed by atoms with Crippen LogP contribution in [0.2, 0.25) is 0 Å². The number of aryl methyl sites for hydroxylation is 1. The lowest BCUT2D eigenvalue weighted by Crippen LogP contribution is -2.27. The van der Waals surface area contributed by atoms with E-state index in [9.17, 15) is 4.79 Å². The quantitative estimate of drug-likeness (QED) is 0.676. The predicted molar refractivity (Wildman–Crippen MR) is 45.9 cm³/mol. The minimum Gasteiger partial charge on any atom is -0.353 e. The SMILES string of the molecule is Cn1cc(CC2CCC(=O)N2)nn1. The number of aromatic nitrogens is 3. The molecule has 1 aromatic heterocycles. The topological polar surface area (TPSA) is 59.8 Å².